The van der Waals surface area contributed by atoms with Crippen LogP contribution >= 0.6 is 12.4 Å². The molecule has 10 nitrogen and oxygen atoms in total. The van der Waals surface area contributed by atoms with Gasteiger partial charge in [0.25, 0.3) is 23.6 Å². The van der Waals surface area contributed by atoms with Crippen LogP contribution in [0.15, 0.2) is 72.8 Å². The van der Waals surface area contributed by atoms with Crippen molar-refractivity contribution in [2.75, 3.05) is 24.1 Å². The molecule has 0 spiro atoms. The molecule has 2 aromatic rings. The van der Waals surface area contributed by atoms with Crippen molar-refractivity contribution in [3.05, 3.63) is 84.0 Å². The molecular weight excluding hydrogens is 584 g/mol. The molecule has 2 heterocycles. The number of carbonyl (C=O) groups excluding carboxylic acids is 5. The summed E-state index contributed by atoms with van der Waals surface area (Å²) >= 11 is 0. The Balaban J connectivity index is 0.000000315. The first-order valence-electron chi connectivity index (χ1n) is 14.4. The topological polar surface area (TPSA) is 139 Å². The predicted molar refractivity (Wildman–Crippen MR) is 172 cm³/mol. The molecule has 11 heteroatoms. The Kier molecular flexibility index (Phi) is 13.8. The van der Waals surface area contributed by atoms with E-state index in [4.69, 9.17) is 10.5 Å². The molecule has 236 valence electrons. The number of nitrogens with one attached hydrogen (secondary N) is 1. The van der Waals surface area contributed by atoms with Gasteiger partial charge in [-0.3, -0.25) is 34.3 Å². The number of hydrogen-bond donors (Lipinski definition) is 2. The summed E-state index contributed by atoms with van der Waals surface area (Å²) in [5.41, 5.74) is 8.87. The normalized spacial score (nSPS) is 14.0. The van der Waals surface area contributed by atoms with Crippen molar-refractivity contribution < 1.29 is 28.7 Å². The number of halogens is 1. The van der Waals surface area contributed by atoms with Gasteiger partial charge in [-0.1, -0.05) is 24.3 Å². The lowest BCUT2D eigenvalue weighted by molar-refractivity contribution is -0.138. The molecule has 0 aromatic heterocycles. The Morgan fingerprint density at radius 1 is 0.682 bits per heavy atom. The van der Waals surface area contributed by atoms with Crippen LogP contribution in [0.2, 0.25) is 0 Å². The lowest BCUT2D eigenvalue weighted by Crippen LogP contribution is -2.30. The van der Waals surface area contributed by atoms with Gasteiger partial charge in [-0.05, 0) is 94.7 Å². The van der Waals surface area contributed by atoms with E-state index in [0.717, 1.165) is 49.8 Å². The van der Waals surface area contributed by atoms with Crippen LogP contribution in [0, 0.1) is 0 Å². The van der Waals surface area contributed by atoms with Gasteiger partial charge in [-0.25, -0.2) is 4.79 Å². The highest BCUT2D eigenvalue weighted by atomic mass is 35.5. The molecule has 3 N–H and O–H groups in total. The van der Waals surface area contributed by atoms with Crippen molar-refractivity contribution in [1.29, 1.82) is 0 Å². The Bertz CT molecular complexity index is 1330. The second kappa shape index (κ2) is 17.0. The molecule has 4 rings (SSSR count). The second-order valence-electron chi connectivity index (χ2n) is 11.3. The van der Waals surface area contributed by atoms with Crippen molar-refractivity contribution in [1.82, 2.24) is 9.80 Å². The molecule has 2 aliphatic rings. The van der Waals surface area contributed by atoms with E-state index < -0.39 is 11.7 Å². The number of rotatable bonds is 11. The smallest absolute Gasteiger partial charge is 0.412 e. The van der Waals surface area contributed by atoms with Crippen molar-refractivity contribution in [2.24, 2.45) is 0 Å². The molecule has 0 saturated heterocycles. The highest BCUT2D eigenvalue weighted by molar-refractivity contribution is 6.13. The fraction of sp³-hybridized carbons (Fsp3) is 0.364. The van der Waals surface area contributed by atoms with Gasteiger partial charge in [0.05, 0.1) is 0 Å². The third-order valence-electron chi connectivity index (χ3n) is 6.57. The van der Waals surface area contributed by atoms with E-state index in [2.05, 4.69) is 5.32 Å². The van der Waals surface area contributed by atoms with Gasteiger partial charge in [0.2, 0.25) is 0 Å². The lowest BCUT2D eigenvalue weighted by atomic mass is 10.1. The van der Waals surface area contributed by atoms with Crippen LogP contribution in [-0.2, 0) is 36.8 Å². The Morgan fingerprint density at radius 2 is 1.07 bits per heavy atom. The average Bonchev–Trinajstić information content (AvgIpc) is 3.44. The molecule has 44 heavy (non-hydrogen) atoms. The van der Waals surface area contributed by atoms with Crippen LogP contribution in [0.25, 0.3) is 0 Å². The number of ether oxygens (including phenoxy) is 1. The van der Waals surface area contributed by atoms with E-state index in [0.29, 0.717) is 18.8 Å². The maximum Gasteiger partial charge on any atom is 0.412 e. The summed E-state index contributed by atoms with van der Waals surface area (Å²) in [7, 11) is 0. The zero-order valence-corrected chi connectivity index (χ0v) is 26.2. The molecule has 0 fully saturated rings. The van der Waals surface area contributed by atoms with Gasteiger partial charge in [-0.2, -0.15) is 0 Å². The molecule has 0 bridgehead atoms. The Morgan fingerprint density at radius 3 is 1.45 bits per heavy atom. The van der Waals surface area contributed by atoms with Crippen LogP contribution in [-0.4, -0.2) is 58.2 Å². The average molecular weight is 625 g/mol. The molecular formula is C33H41ClN4O6. The minimum atomic E-state index is -0.530. The highest BCUT2D eigenvalue weighted by Crippen LogP contribution is 2.15. The molecule has 0 saturated carbocycles. The third kappa shape index (κ3) is 12.0. The summed E-state index contributed by atoms with van der Waals surface area (Å²) in [5.74, 6) is -0.870. The van der Waals surface area contributed by atoms with Crippen molar-refractivity contribution in [2.45, 2.75) is 64.9 Å². The quantitative estimate of drug-likeness (QED) is 0.198. The molecule has 2 aliphatic heterocycles. The van der Waals surface area contributed by atoms with Gasteiger partial charge < -0.3 is 10.5 Å². The Hall–Kier alpha value is -4.44. The number of amides is 5. The standard InChI is InChI=1S/C19H24N2O4.C14H16N2O2.ClH/c1-19(2,3)25-18(24)20-15-9-7-14(8-10-15)6-4-5-13-21-16(22)11-12-17(21)23;15-12-6-4-11(5-7-12)3-1-2-10-16-13(17)8-9-14(16)18;/h7-12H,4-6,13H2,1-3H3,(H,20,24);4-9H,1-3,10,15H2;1H. The van der Waals surface area contributed by atoms with E-state index in [-0.39, 0.29) is 36.0 Å². The van der Waals surface area contributed by atoms with Crippen LogP contribution in [0.1, 0.15) is 57.6 Å². The first-order valence-corrected chi connectivity index (χ1v) is 14.4. The van der Waals surface area contributed by atoms with Crippen LogP contribution in [0.3, 0.4) is 0 Å². The van der Waals surface area contributed by atoms with Gasteiger partial charge in [0.15, 0.2) is 0 Å². The SMILES string of the molecule is CC(C)(C)OC(=O)Nc1ccc(CCCCN2C(=O)C=CC2=O)cc1.Cl.Nc1ccc(CCCCN2C(=O)C=CC2=O)cc1. The van der Waals surface area contributed by atoms with Gasteiger partial charge >= 0.3 is 6.09 Å². The zero-order chi connectivity index (χ0) is 31.4. The van der Waals surface area contributed by atoms with Gasteiger partial charge in [-0.15, -0.1) is 12.4 Å². The largest absolute Gasteiger partial charge is 0.444 e. The summed E-state index contributed by atoms with van der Waals surface area (Å²) in [5, 5.41) is 2.69. The first-order chi connectivity index (χ1) is 20.4. The molecule has 0 aliphatic carbocycles. The molecule has 5 amide bonds. The summed E-state index contributed by atoms with van der Waals surface area (Å²) in [6.07, 6.45) is 9.95. The van der Waals surface area contributed by atoms with E-state index in [1.165, 1.54) is 39.7 Å². The number of benzene rings is 2. The maximum atomic E-state index is 11.7. The number of nitrogens with two attached hydrogens (primary N) is 1. The van der Waals surface area contributed by atoms with Crippen molar-refractivity contribution in [3.8, 4) is 0 Å². The molecule has 2 aromatic carbocycles. The summed E-state index contributed by atoms with van der Waals surface area (Å²) in [6.45, 7) is 6.39. The number of hydrogen-bond acceptors (Lipinski definition) is 7. The number of nitrogen functional groups attached to an aromatic ring is 1. The number of aryl methyl sites for hydroxylation is 2. The Labute approximate surface area is 264 Å². The van der Waals surface area contributed by atoms with E-state index in [1.54, 1.807) is 0 Å². The monoisotopic (exact) mass is 624 g/mol. The molecule has 0 unspecified atom stereocenters. The zero-order valence-electron chi connectivity index (χ0n) is 25.4. The summed E-state index contributed by atoms with van der Waals surface area (Å²) < 4.78 is 5.20. The first kappa shape index (κ1) is 35.8. The molecule has 0 radical (unpaired) electrons. The summed E-state index contributed by atoms with van der Waals surface area (Å²) in [6, 6.07) is 15.3. The fourth-order valence-electron chi connectivity index (χ4n) is 4.36. The van der Waals surface area contributed by atoms with E-state index >= 15 is 0 Å². The van der Waals surface area contributed by atoms with Crippen LogP contribution < -0.4 is 11.1 Å². The lowest BCUT2D eigenvalue weighted by Gasteiger charge is -2.19. The predicted octanol–water partition coefficient (Wildman–Crippen LogP) is 5.22. The number of nitrogens with zero attached hydrogens (tertiary/aromatic N) is 2. The third-order valence-corrected chi connectivity index (χ3v) is 6.57. The highest BCUT2D eigenvalue weighted by Gasteiger charge is 2.23. The molecule has 0 atom stereocenters. The summed E-state index contributed by atoms with van der Waals surface area (Å²) in [4.78, 5) is 59.7. The minimum absolute atomic E-state index is 0. The maximum absolute atomic E-state index is 11.7. The number of imide groups is 2. The van der Waals surface area contributed by atoms with E-state index in [9.17, 15) is 24.0 Å². The van der Waals surface area contributed by atoms with Crippen molar-refractivity contribution >= 4 is 53.5 Å². The number of carbonyl (C=O) groups is 5. The van der Waals surface area contributed by atoms with Gasteiger partial charge in [0.1, 0.15) is 5.60 Å². The number of unbranched alkanes of at least 4 members (excludes halogenated alkanes) is 2. The fourth-order valence-corrected chi connectivity index (χ4v) is 4.36. The van der Waals surface area contributed by atoms with Crippen LogP contribution in [0.5, 0.6) is 0 Å². The number of anilines is 2. The van der Waals surface area contributed by atoms with Crippen LogP contribution in [0.4, 0.5) is 16.2 Å². The van der Waals surface area contributed by atoms with Crippen molar-refractivity contribution in [3.63, 3.8) is 0 Å². The minimum Gasteiger partial charge on any atom is -0.444 e. The second-order valence-corrected chi connectivity index (χ2v) is 11.3. The van der Waals surface area contributed by atoms with E-state index in [1.807, 2.05) is 69.3 Å². The van der Waals surface area contributed by atoms with Gasteiger partial charge in [0, 0.05) is 48.8 Å².